The van der Waals surface area contributed by atoms with Crippen LogP contribution in [-0.4, -0.2) is 19.9 Å². The first-order valence-electron chi connectivity index (χ1n) is 10.2. The van der Waals surface area contributed by atoms with Crippen molar-refractivity contribution in [1.82, 2.24) is 19.9 Å². The third-order valence-corrected chi connectivity index (χ3v) is 5.16. The van der Waals surface area contributed by atoms with Crippen LogP contribution in [0.15, 0.2) is 103 Å². The van der Waals surface area contributed by atoms with Gasteiger partial charge in [-0.25, -0.2) is 15.0 Å². The van der Waals surface area contributed by atoms with Gasteiger partial charge in [-0.1, -0.05) is 91.0 Å². The number of aryl methyl sites for hydroxylation is 1. The van der Waals surface area contributed by atoms with E-state index in [9.17, 15) is 0 Å². The molecule has 0 aliphatic heterocycles. The van der Waals surface area contributed by atoms with Gasteiger partial charge in [-0.3, -0.25) is 4.98 Å². The molecule has 0 fully saturated rings. The fraction of sp³-hybridized carbons (Fsp3) is 0.0370. The smallest absolute Gasteiger partial charge is 0.164 e. The van der Waals surface area contributed by atoms with Crippen molar-refractivity contribution in [3.05, 3.63) is 109 Å². The Morgan fingerprint density at radius 1 is 0.452 bits per heavy atom. The Balaban J connectivity index is 1.61. The molecule has 0 bridgehead atoms. The molecule has 2 heterocycles. The molecule has 0 radical (unpaired) electrons. The molecule has 0 saturated heterocycles. The Morgan fingerprint density at radius 3 is 1.39 bits per heavy atom. The summed E-state index contributed by atoms with van der Waals surface area (Å²) in [6.45, 7) is 2.02. The summed E-state index contributed by atoms with van der Waals surface area (Å²) in [5, 5.41) is 0. The summed E-state index contributed by atoms with van der Waals surface area (Å²) in [6.07, 6.45) is 1.81. The zero-order valence-electron chi connectivity index (χ0n) is 17.1. The van der Waals surface area contributed by atoms with Crippen molar-refractivity contribution in [2.45, 2.75) is 6.92 Å². The molecule has 0 spiro atoms. The first-order chi connectivity index (χ1) is 15.3. The number of benzene rings is 3. The van der Waals surface area contributed by atoms with Gasteiger partial charge in [0.25, 0.3) is 0 Å². The summed E-state index contributed by atoms with van der Waals surface area (Å²) in [7, 11) is 0. The van der Waals surface area contributed by atoms with Crippen molar-refractivity contribution in [3.63, 3.8) is 0 Å². The zero-order valence-corrected chi connectivity index (χ0v) is 17.1. The highest BCUT2D eigenvalue weighted by Gasteiger charge is 2.12. The number of nitrogens with zero attached hydrogens (tertiary/aromatic N) is 4. The summed E-state index contributed by atoms with van der Waals surface area (Å²) in [5.41, 5.74) is 6.13. The largest absolute Gasteiger partial charge is 0.261 e. The standard InChI is InChI=1S/C27H20N4/c1-19-24(13-8-18-28-19)20-14-16-23(17-15-20)27-30-25(21-9-4-2-5-10-21)29-26(31-27)22-11-6-3-7-12-22/h2-18H,1H3. The van der Waals surface area contributed by atoms with Gasteiger partial charge in [-0.2, -0.15) is 0 Å². The lowest BCUT2D eigenvalue weighted by Gasteiger charge is -2.09. The van der Waals surface area contributed by atoms with Crippen molar-refractivity contribution >= 4 is 0 Å². The molecule has 4 heteroatoms. The SMILES string of the molecule is Cc1ncccc1-c1ccc(-c2nc(-c3ccccc3)nc(-c3ccccc3)n2)cc1. The second-order valence-corrected chi connectivity index (χ2v) is 7.25. The van der Waals surface area contributed by atoms with E-state index in [1.165, 1.54) is 0 Å². The normalized spacial score (nSPS) is 10.7. The molecule has 3 aromatic carbocycles. The fourth-order valence-corrected chi connectivity index (χ4v) is 3.53. The van der Waals surface area contributed by atoms with Gasteiger partial charge in [0.2, 0.25) is 0 Å². The van der Waals surface area contributed by atoms with Crippen molar-refractivity contribution in [3.8, 4) is 45.3 Å². The quantitative estimate of drug-likeness (QED) is 0.358. The highest BCUT2D eigenvalue weighted by Crippen LogP contribution is 2.27. The van der Waals surface area contributed by atoms with Crippen LogP contribution in [0.25, 0.3) is 45.3 Å². The number of rotatable bonds is 4. The molecule has 2 aromatic heterocycles. The van der Waals surface area contributed by atoms with E-state index in [2.05, 4.69) is 35.3 Å². The second-order valence-electron chi connectivity index (χ2n) is 7.25. The van der Waals surface area contributed by atoms with Crippen LogP contribution in [0, 0.1) is 6.92 Å². The maximum Gasteiger partial charge on any atom is 0.164 e. The molecule has 4 nitrogen and oxygen atoms in total. The lowest BCUT2D eigenvalue weighted by molar-refractivity contribution is 1.07. The third-order valence-electron chi connectivity index (χ3n) is 5.16. The van der Waals surface area contributed by atoms with E-state index < -0.39 is 0 Å². The molecule has 0 atom stereocenters. The monoisotopic (exact) mass is 400 g/mol. The minimum atomic E-state index is 0.655. The number of aromatic nitrogens is 4. The van der Waals surface area contributed by atoms with E-state index in [0.717, 1.165) is 33.5 Å². The molecule has 0 amide bonds. The van der Waals surface area contributed by atoms with Gasteiger partial charge in [0, 0.05) is 34.1 Å². The molecule has 148 valence electrons. The minimum absolute atomic E-state index is 0.655. The van der Waals surface area contributed by atoms with E-state index in [0.29, 0.717) is 17.5 Å². The van der Waals surface area contributed by atoms with Crippen LogP contribution in [0.2, 0.25) is 0 Å². The van der Waals surface area contributed by atoms with Gasteiger partial charge in [0.1, 0.15) is 0 Å². The highest BCUT2D eigenvalue weighted by atomic mass is 15.0. The molecule has 0 aliphatic carbocycles. The Labute approximate surface area is 181 Å². The van der Waals surface area contributed by atoms with E-state index in [4.69, 9.17) is 15.0 Å². The molecule has 0 saturated carbocycles. The summed E-state index contributed by atoms with van der Waals surface area (Å²) in [4.78, 5) is 18.7. The Kier molecular flexibility index (Phi) is 5.03. The third kappa shape index (κ3) is 3.96. The fourth-order valence-electron chi connectivity index (χ4n) is 3.53. The van der Waals surface area contributed by atoms with Crippen LogP contribution in [0.1, 0.15) is 5.69 Å². The van der Waals surface area contributed by atoms with Gasteiger partial charge >= 0.3 is 0 Å². The van der Waals surface area contributed by atoms with Crippen molar-refractivity contribution < 1.29 is 0 Å². The average Bonchev–Trinajstić information content (AvgIpc) is 2.85. The van der Waals surface area contributed by atoms with Gasteiger partial charge in [0.15, 0.2) is 17.5 Å². The van der Waals surface area contributed by atoms with Gasteiger partial charge in [-0.15, -0.1) is 0 Å². The van der Waals surface area contributed by atoms with E-state index in [1.807, 2.05) is 79.9 Å². The Hall–Kier alpha value is -4.18. The van der Waals surface area contributed by atoms with Gasteiger partial charge < -0.3 is 0 Å². The van der Waals surface area contributed by atoms with Crippen molar-refractivity contribution in [2.24, 2.45) is 0 Å². The van der Waals surface area contributed by atoms with Crippen molar-refractivity contribution in [2.75, 3.05) is 0 Å². The minimum Gasteiger partial charge on any atom is -0.261 e. The van der Waals surface area contributed by atoms with E-state index in [1.54, 1.807) is 0 Å². The van der Waals surface area contributed by atoms with Crippen LogP contribution in [-0.2, 0) is 0 Å². The average molecular weight is 400 g/mol. The maximum absolute atomic E-state index is 4.78. The van der Waals surface area contributed by atoms with Crippen molar-refractivity contribution in [1.29, 1.82) is 0 Å². The molecule has 0 unspecified atom stereocenters. The Morgan fingerprint density at radius 2 is 0.903 bits per heavy atom. The summed E-state index contributed by atoms with van der Waals surface area (Å²) in [6, 6.07) is 32.3. The summed E-state index contributed by atoms with van der Waals surface area (Å²) in [5.74, 6) is 1.98. The summed E-state index contributed by atoms with van der Waals surface area (Å²) >= 11 is 0. The molecule has 31 heavy (non-hydrogen) atoms. The molecule has 5 rings (SSSR count). The number of pyridine rings is 1. The molecule has 5 aromatic rings. The molecule has 0 aliphatic rings. The maximum atomic E-state index is 4.78. The van der Waals surface area contributed by atoms with E-state index in [-0.39, 0.29) is 0 Å². The van der Waals surface area contributed by atoms with Gasteiger partial charge in [-0.05, 0) is 18.6 Å². The zero-order chi connectivity index (χ0) is 21.0. The predicted octanol–water partition coefficient (Wildman–Crippen LogP) is 6.24. The summed E-state index contributed by atoms with van der Waals surface area (Å²) < 4.78 is 0. The first-order valence-corrected chi connectivity index (χ1v) is 10.2. The lowest BCUT2D eigenvalue weighted by atomic mass is 10.0. The number of hydrogen-bond donors (Lipinski definition) is 0. The molecular formula is C27H20N4. The van der Waals surface area contributed by atoms with E-state index >= 15 is 0 Å². The highest BCUT2D eigenvalue weighted by molar-refractivity contribution is 5.71. The van der Waals surface area contributed by atoms with Crippen LogP contribution < -0.4 is 0 Å². The van der Waals surface area contributed by atoms with Crippen LogP contribution in [0.3, 0.4) is 0 Å². The number of hydrogen-bond acceptors (Lipinski definition) is 4. The topological polar surface area (TPSA) is 51.6 Å². The Bertz CT molecular complexity index is 1260. The van der Waals surface area contributed by atoms with Crippen LogP contribution >= 0.6 is 0 Å². The second kappa shape index (κ2) is 8.28. The molecular weight excluding hydrogens is 380 g/mol. The first kappa shape index (κ1) is 18.8. The molecule has 0 N–H and O–H groups in total. The lowest BCUT2D eigenvalue weighted by Crippen LogP contribution is -2.00. The van der Waals surface area contributed by atoms with Crippen LogP contribution in [0.5, 0.6) is 0 Å². The van der Waals surface area contributed by atoms with Crippen LogP contribution in [0.4, 0.5) is 0 Å². The predicted molar refractivity (Wildman–Crippen MR) is 124 cm³/mol. The van der Waals surface area contributed by atoms with Gasteiger partial charge in [0.05, 0.1) is 0 Å².